The number of esters is 1. The third-order valence-electron chi connectivity index (χ3n) is 2.57. The zero-order valence-electron chi connectivity index (χ0n) is 11.0. The zero-order chi connectivity index (χ0) is 13.5. The lowest BCUT2D eigenvalue weighted by molar-refractivity contribution is -0.171. The van der Waals surface area contributed by atoms with Crippen molar-refractivity contribution in [2.75, 3.05) is 20.3 Å². The highest BCUT2D eigenvalue weighted by atomic mass is 16.5. The molecule has 0 saturated heterocycles. The van der Waals surface area contributed by atoms with Gasteiger partial charge < -0.3 is 14.6 Å². The van der Waals surface area contributed by atoms with Gasteiger partial charge in [-0.2, -0.15) is 0 Å². The molecule has 5 nitrogen and oxygen atoms in total. The molecule has 1 atom stereocenters. The topological polar surface area (TPSA) is 72.8 Å². The highest BCUT2D eigenvalue weighted by Gasteiger charge is 2.47. The van der Waals surface area contributed by atoms with Crippen molar-refractivity contribution in [2.24, 2.45) is 11.3 Å². The van der Waals surface area contributed by atoms with E-state index >= 15 is 0 Å². The van der Waals surface area contributed by atoms with E-state index in [0.717, 1.165) is 0 Å². The third kappa shape index (κ3) is 4.34. The Morgan fingerprint density at radius 2 is 1.94 bits per heavy atom. The highest BCUT2D eigenvalue weighted by Crippen LogP contribution is 2.32. The van der Waals surface area contributed by atoms with Crippen molar-refractivity contribution in [1.29, 1.82) is 0 Å². The van der Waals surface area contributed by atoms with Gasteiger partial charge in [0.25, 0.3) is 0 Å². The molecule has 0 radical (unpaired) electrons. The second-order valence-corrected chi connectivity index (χ2v) is 4.45. The number of rotatable bonds is 8. The van der Waals surface area contributed by atoms with Gasteiger partial charge in [0.05, 0.1) is 6.61 Å². The first-order chi connectivity index (χ1) is 7.90. The highest BCUT2D eigenvalue weighted by molar-refractivity contribution is 5.99. The van der Waals surface area contributed by atoms with Crippen LogP contribution in [0.4, 0.5) is 0 Å². The minimum absolute atomic E-state index is 0.0902. The van der Waals surface area contributed by atoms with Crippen LogP contribution in [-0.4, -0.2) is 37.4 Å². The van der Waals surface area contributed by atoms with Crippen molar-refractivity contribution < 1.29 is 24.2 Å². The molecule has 0 amide bonds. The summed E-state index contributed by atoms with van der Waals surface area (Å²) in [5.74, 6) is -1.72. The minimum Gasteiger partial charge on any atom is -0.480 e. The van der Waals surface area contributed by atoms with Crippen LogP contribution in [-0.2, 0) is 19.1 Å². The van der Waals surface area contributed by atoms with Crippen LogP contribution in [0, 0.1) is 11.3 Å². The molecule has 0 heterocycles. The number of carbonyl (C=O) groups excluding carboxylic acids is 1. The average molecular weight is 246 g/mol. The van der Waals surface area contributed by atoms with E-state index in [9.17, 15) is 14.7 Å². The summed E-state index contributed by atoms with van der Waals surface area (Å²) in [6, 6.07) is 0. The summed E-state index contributed by atoms with van der Waals surface area (Å²) in [5, 5.41) is 9.34. The maximum atomic E-state index is 11.9. The van der Waals surface area contributed by atoms with Crippen LogP contribution in [0.1, 0.15) is 33.6 Å². The van der Waals surface area contributed by atoms with E-state index in [1.165, 1.54) is 7.11 Å². The Kier molecular flexibility index (Phi) is 6.80. The molecule has 100 valence electrons. The molecule has 0 bridgehead atoms. The van der Waals surface area contributed by atoms with E-state index in [4.69, 9.17) is 9.47 Å². The number of aliphatic carboxylic acids is 1. The molecule has 0 aromatic carbocycles. The van der Waals surface area contributed by atoms with Gasteiger partial charge in [-0.15, -0.1) is 0 Å². The SMILES string of the molecule is CCOC(=O)C(CCOC)(CC(C)C)C(=O)O. The number of hydrogen-bond donors (Lipinski definition) is 1. The Balaban J connectivity index is 5.08. The van der Waals surface area contributed by atoms with Crippen LogP contribution in [0.2, 0.25) is 0 Å². The van der Waals surface area contributed by atoms with Gasteiger partial charge in [0.1, 0.15) is 0 Å². The van der Waals surface area contributed by atoms with E-state index in [2.05, 4.69) is 0 Å². The molecule has 0 aliphatic heterocycles. The fourth-order valence-corrected chi connectivity index (χ4v) is 1.81. The van der Waals surface area contributed by atoms with Crippen LogP contribution >= 0.6 is 0 Å². The van der Waals surface area contributed by atoms with Crippen molar-refractivity contribution in [3.8, 4) is 0 Å². The van der Waals surface area contributed by atoms with Gasteiger partial charge in [0.2, 0.25) is 0 Å². The largest absolute Gasteiger partial charge is 0.480 e. The summed E-state index contributed by atoms with van der Waals surface area (Å²) >= 11 is 0. The number of carboxylic acid groups (broad SMARTS) is 1. The maximum absolute atomic E-state index is 11.9. The molecule has 1 N–H and O–H groups in total. The van der Waals surface area contributed by atoms with Gasteiger partial charge in [-0.1, -0.05) is 13.8 Å². The molecule has 0 aromatic rings. The Morgan fingerprint density at radius 1 is 1.35 bits per heavy atom. The summed E-state index contributed by atoms with van der Waals surface area (Å²) in [6.45, 7) is 5.82. The van der Waals surface area contributed by atoms with Gasteiger partial charge >= 0.3 is 11.9 Å². The van der Waals surface area contributed by atoms with E-state index < -0.39 is 17.4 Å². The van der Waals surface area contributed by atoms with Crippen molar-refractivity contribution in [3.63, 3.8) is 0 Å². The van der Waals surface area contributed by atoms with E-state index in [0.29, 0.717) is 0 Å². The first kappa shape index (κ1) is 15.9. The van der Waals surface area contributed by atoms with Gasteiger partial charge in [-0.25, -0.2) is 0 Å². The molecule has 17 heavy (non-hydrogen) atoms. The third-order valence-corrected chi connectivity index (χ3v) is 2.57. The number of carboxylic acids is 1. The molecule has 1 unspecified atom stereocenters. The molecule has 0 aliphatic rings. The summed E-state index contributed by atoms with van der Waals surface area (Å²) in [7, 11) is 1.48. The summed E-state index contributed by atoms with van der Waals surface area (Å²) in [4.78, 5) is 23.3. The molecule has 0 spiro atoms. The van der Waals surface area contributed by atoms with Gasteiger partial charge in [0.15, 0.2) is 5.41 Å². The van der Waals surface area contributed by atoms with Crippen LogP contribution in [0.5, 0.6) is 0 Å². The van der Waals surface area contributed by atoms with Crippen LogP contribution in [0.25, 0.3) is 0 Å². The second-order valence-electron chi connectivity index (χ2n) is 4.45. The molecule has 0 saturated carbocycles. The first-order valence-electron chi connectivity index (χ1n) is 5.80. The number of methoxy groups -OCH3 is 1. The number of ether oxygens (including phenoxy) is 2. The quantitative estimate of drug-likeness (QED) is 0.521. The fraction of sp³-hybridized carbons (Fsp3) is 0.833. The van der Waals surface area contributed by atoms with Crippen molar-refractivity contribution in [1.82, 2.24) is 0 Å². The summed E-state index contributed by atoms with van der Waals surface area (Å²) in [5.41, 5.74) is -1.49. The van der Waals surface area contributed by atoms with Crippen molar-refractivity contribution in [2.45, 2.75) is 33.6 Å². The summed E-state index contributed by atoms with van der Waals surface area (Å²) in [6.07, 6.45) is 0.389. The minimum atomic E-state index is -1.49. The molecular weight excluding hydrogens is 224 g/mol. The molecule has 5 heteroatoms. The Bertz CT molecular complexity index is 262. The normalized spacial score (nSPS) is 14.4. The Morgan fingerprint density at radius 3 is 2.29 bits per heavy atom. The number of hydrogen-bond acceptors (Lipinski definition) is 4. The Hall–Kier alpha value is -1.10. The lowest BCUT2D eigenvalue weighted by Gasteiger charge is -2.28. The molecule has 0 rings (SSSR count). The fourth-order valence-electron chi connectivity index (χ4n) is 1.81. The lowest BCUT2D eigenvalue weighted by Crippen LogP contribution is -2.42. The average Bonchev–Trinajstić information content (AvgIpc) is 2.23. The molecular formula is C12H22O5. The van der Waals surface area contributed by atoms with Crippen LogP contribution < -0.4 is 0 Å². The monoisotopic (exact) mass is 246 g/mol. The van der Waals surface area contributed by atoms with E-state index in [1.54, 1.807) is 6.92 Å². The van der Waals surface area contributed by atoms with E-state index in [1.807, 2.05) is 13.8 Å². The maximum Gasteiger partial charge on any atom is 0.323 e. The number of carbonyl (C=O) groups is 2. The van der Waals surface area contributed by atoms with Gasteiger partial charge in [-0.3, -0.25) is 9.59 Å². The van der Waals surface area contributed by atoms with Crippen LogP contribution in [0.15, 0.2) is 0 Å². The lowest BCUT2D eigenvalue weighted by atomic mass is 9.77. The standard InChI is InChI=1S/C12H22O5/c1-5-17-11(15)12(10(13)14,6-7-16-4)8-9(2)3/h9H,5-8H2,1-4H3,(H,13,14). The first-order valence-corrected chi connectivity index (χ1v) is 5.80. The molecule has 0 aliphatic carbocycles. The van der Waals surface area contributed by atoms with Gasteiger partial charge in [-0.05, 0) is 25.7 Å². The summed E-state index contributed by atoms with van der Waals surface area (Å²) < 4.78 is 9.78. The molecule has 0 aromatic heterocycles. The second kappa shape index (κ2) is 7.27. The van der Waals surface area contributed by atoms with E-state index in [-0.39, 0.29) is 32.0 Å². The molecule has 0 fully saturated rings. The Labute approximate surface area is 102 Å². The predicted molar refractivity (Wildman–Crippen MR) is 62.6 cm³/mol. The smallest absolute Gasteiger partial charge is 0.323 e. The van der Waals surface area contributed by atoms with Crippen molar-refractivity contribution >= 4 is 11.9 Å². The van der Waals surface area contributed by atoms with Crippen LogP contribution in [0.3, 0.4) is 0 Å². The predicted octanol–water partition coefficient (Wildman–Crippen LogP) is 1.70. The van der Waals surface area contributed by atoms with Crippen molar-refractivity contribution in [3.05, 3.63) is 0 Å². The van der Waals surface area contributed by atoms with Gasteiger partial charge in [0, 0.05) is 13.7 Å². The zero-order valence-corrected chi connectivity index (χ0v) is 11.0.